The Kier molecular flexibility index (Phi) is 6.21. The summed E-state index contributed by atoms with van der Waals surface area (Å²) in [6, 6.07) is 7.53. The normalized spacial score (nSPS) is 20.3. The second-order valence-electron chi connectivity index (χ2n) is 7.19. The maximum Gasteiger partial charge on any atom is 0.227 e. The molecule has 0 atom stereocenters. The van der Waals surface area contributed by atoms with Gasteiger partial charge >= 0.3 is 0 Å². The molecule has 5 heteroatoms. The van der Waals surface area contributed by atoms with Gasteiger partial charge in [-0.2, -0.15) is 0 Å². The Labute approximate surface area is 150 Å². The quantitative estimate of drug-likeness (QED) is 0.770. The van der Waals surface area contributed by atoms with E-state index in [9.17, 15) is 9.59 Å². The molecule has 2 aliphatic heterocycles. The molecule has 2 aliphatic rings. The van der Waals surface area contributed by atoms with Crippen molar-refractivity contribution in [3.05, 3.63) is 29.8 Å². The Balaban J connectivity index is 1.54. The van der Waals surface area contributed by atoms with E-state index < -0.39 is 0 Å². The van der Waals surface area contributed by atoms with Gasteiger partial charge in [0, 0.05) is 38.0 Å². The first-order valence-corrected chi connectivity index (χ1v) is 9.48. The predicted molar refractivity (Wildman–Crippen MR) is 100 cm³/mol. The summed E-state index contributed by atoms with van der Waals surface area (Å²) < 4.78 is 0. The number of unbranched alkanes of at least 4 members (excludes halogenated alkanes) is 1. The van der Waals surface area contributed by atoms with Crippen LogP contribution in [0.2, 0.25) is 0 Å². The van der Waals surface area contributed by atoms with Crippen molar-refractivity contribution in [1.82, 2.24) is 9.80 Å². The van der Waals surface area contributed by atoms with Crippen LogP contribution in [0.1, 0.15) is 42.5 Å². The Morgan fingerprint density at radius 3 is 2.60 bits per heavy atom. The molecule has 0 saturated carbocycles. The number of hydrogen-bond acceptors (Lipinski definition) is 4. The molecular weight excluding hydrogens is 314 g/mol. The third kappa shape index (κ3) is 4.67. The first kappa shape index (κ1) is 18.1. The molecule has 1 fully saturated rings. The fourth-order valence-corrected chi connectivity index (χ4v) is 3.74. The number of carbonyl (C=O) groups excluding carboxylic acids is 2. The number of benzene rings is 1. The van der Waals surface area contributed by atoms with Gasteiger partial charge in [0.1, 0.15) is 0 Å². The highest BCUT2D eigenvalue weighted by molar-refractivity contribution is 6.09. The van der Waals surface area contributed by atoms with Crippen LogP contribution >= 0.6 is 0 Å². The number of amides is 1. The summed E-state index contributed by atoms with van der Waals surface area (Å²) in [4.78, 5) is 31.4. The number of fused-ring (bicyclic) bond motifs is 1. The second-order valence-corrected chi connectivity index (χ2v) is 7.19. The molecule has 0 N–H and O–H groups in total. The Bertz CT molecular complexity index is 617. The molecule has 1 aromatic carbocycles. The number of likely N-dealkylation sites (N-methyl/N-ethyl adjacent to an activating group) is 1. The maximum atomic E-state index is 12.5. The Morgan fingerprint density at radius 1 is 0.920 bits per heavy atom. The fraction of sp³-hybridized carbons (Fsp3) is 0.600. The van der Waals surface area contributed by atoms with E-state index in [1.807, 2.05) is 29.2 Å². The second kappa shape index (κ2) is 8.59. The number of anilines is 1. The molecule has 1 saturated heterocycles. The third-order valence-electron chi connectivity index (χ3n) is 5.28. The molecule has 0 unspecified atom stereocenters. The van der Waals surface area contributed by atoms with E-state index in [0.717, 1.165) is 38.2 Å². The van der Waals surface area contributed by atoms with Gasteiger partial charge in [-0.15, -0.1) is 0 Å². The summed E-state index contributed by atoms with van der Waals surface area (Å²) in [6.45, 7) is 6.43. The summed E-state index contributed by atoms with van der Waals surface area (Å²) in [5, 5.41) is 0. The van der Waals surface area contributed by atoms with Crippen LogP contribution in [-0.2, 0) is 4.79 Å². The zero-order valence-corrected chi connectivity index (χ0v) is 15.2. The summed E-state index contributed by atoms with van der Waals surface area (Å²) in [7, 11) is 2.19. The van der Waals surface area contributed by atoms with Crippen LogP contribution in [0.5, 0.6) is 0 Å². The zero-order chi connectivity index (χ0) is 17.6. The highest BCUT2D eigenvalue weighted by Gasteiger charge is 2.25. The van der Waals surface area contributed by atoms with Gasteiger partial charge in [-0.05, 0) is 58.1 Å². The van der Waals surface area contributed by atoms with Crippen molar-refractivity contribution < 1.29 is 9.59 Å². The van der Waals surface area contributed by atoms with E-state index >= 15 is 0 Å². The van der Waals surface area contributed by atoms with E-state index in [1.54, 1.807) is 0 Å². The molecule has 25 heavy (non-hydrogen) atoms. The van der Waals surface area contributed by atoms with E-state index in [-0.39, 0.29) is 11.7 Å². The van der Waals surface area contributed by atoms with Gasteiger partial charge in [-0.1, -0.05) is 12.1 Å². The largest absolute Gasteiger partial charge is 0.312 e. The number of nitrogens with zero attached hydrogens (tertiary/aromatic N) is 3. The average molecular weight is 343 g/mol. The fourth-order valence-electron chi connectivity index (χ4n) is 3.74. The average Bonchev–Trinajstić information content (AvgIpc) is 2.89. The van der Waals surface area contributed by atoms with Gasteiger partial charge in [0.15, 0.2) is 5.78 Å². The molecule has 2 heterocycles. The highest BCUT2D eigenvalue weighted by Crippen LogP contribution is 2.27. The van der Waals surface area contributed by atoms with Crippen molar-refractivity contribution in [2.24, 2.45) is 0 Å². The van der Waals surface area contributed by atoms with Crippen LogP contribution in [0.3, 0.4) is 0 Å². The topological polar surface area (TPSA) is 43.9 Å². The summed E-state index contributed by atoms with van der Waals surface area (Å²) >= 11 is 0. The van der Waals surface area contributed by atoms with E-state index in [1.165, 1.54) is 19.5 Å². The lowest BCUT2D eigenvalue weighted by atomic mass is 10.1. The number of Topliss-reactive ketones (excluding diaryl/α,β-unsaturated/α-hetero) is 1. The van der Waals surface area contributed by atoms with Gasteiger partial charge in [0.2, 0.25) is 5.91 Å². The Morgan fingerprint density at radius 2 is 1.72 bits per heavy atom. The van der Waals surface area contributed by atoms with Gasteiger partial charge in [0.25, 0.3) is 0 Å². The summed E-state index contributed by atoms with van der Waals surface area (Å²) in [5.74, 6) is 0.162. The molecule has 136 valence electrons. The van der Waals surface area contributed by atoms with Crippen molar-refractivity contribution in [1.29, 1.82) is 0 Å². The van der Waals surface area contributed by atoms with E-state index in [4.69, 9.17) is 0 Å². The zero-order valence-electron chi connectivity index (χ0n) is 15.2. The van der Waals surface area contributed by atoms with Crippen molar-refractivity contribution in [3.8, 4) is 0 Å². The van der Waals surface area contributed by atoms with Crippen LogP contribution in [0.4, 0.5) is 5.69 Å². The predicted octanol–water partition coefficient (Wildman–Crippen LogP) is 2.41. The minimum atomic E-state index is 0.0784. The lowest BCUT2D eigenvalue weighted by molar-refractivity contribution is -0.118. The summed E-state index contributed by atoms with van der Waals surface area (Å²) in [6.07, 6.45) is 3.94. The molecule has 3 rings (SSSR count). The maximum absolute atomic E-state index is 12.5. The Hall–Kier alpha value is -1.72. The number of para-hydroxylation sites is 1. The molecule has 0 aliphatic carbocycles. The lowest BCUT2D eigenvalue weighted by Gasteiger charge is -2.24. The first-order valence-electron chi connectivity index (χ1n) is 9.48. The molecular formula is C20H29N3O2. The highest BCUT2D eigenvalue weighted by atomic mass is 16.2. The molecule has 5 nitrogen and oxygen atoms in total. The number of hydrogen-bond donors (Lipinski definition) is 0. The molecule has 0 spiro atoms. The number of rotatable bonds is 5. The molecule has 1 amide bonds. The van der Waals surface area contributed by atoms with E-state index in [2.05, 4.69) is 16.8 Å². The van der Waals surface area contributed by atoms with Crippen LogP contribution < -0.4 is 4.90 Å². The standard InChI is InChI=1S/C20H29N3O2/c1-21-11-6-13-22(16-15-21)12-4-5-14-23-18-8-3-2-7-17(18)19(24)9-10-20(23)25/h2-3,7-8H,4-6,9-16H2,1H3. The minimum Gasteiger partial charge on any atom is -0.312 e. The number of carbonyl (C=O) groups is 2. The SMILES string of the molecule is CN1CCCN(CCCCN2C(=O)CCC(=O)c3ccccc32)CC1. The lowest BCUT2D eigenvalue weighted by Crippen LogP contribution is -2.33. The van der Waals surface area contributed by atoms with Gasteiger partial charge in [0.05, 0.1) is 5.69 Å². The van der Waals surface area contributed by atoms with Crippen molar-refractivity contribution >= 4 is 17.4 Å². The van der Waals surface area contributed by atoms with Gasteiger partial charge < -0.3 is 14.7 Å². The van der Waals surface area contributed by atoms with E-state index in [0.29, 0.717) is 24.9 Å². The molecule has 0 aromatic heterocycles. The van der Waals surface area contributed by atoms with Crippen molar-refractivity contribution in [3.63, 3.8) is 0 Å². The summed E-state index contributed by atoms with van der Waals surface area (Å²) in [5.41, 5.74) is 1.50. The monoisotopic (exact) mass is 343 g/mol. The first-order chi connectivity index (χ1) is 12.1. The van der Waals surface area contributed by atoms with Gasteiger partial charge in [-0.25, -0.2) is 0 Å². The molecule has 0 bridgehead atoms. The van der Waals surface area contributed by atoms with Crippen LogP contribution in [0, 0.1) is 0 Å². The third-order valence-corrected chi connectivity index (χ3v) is 5.28. The van der Waals surface area contributed by atoms with Gasteiger partial charge in [-0.3, -0.25) is 9.59 Å². The van der Waals surface area contributed by atoms with Crippen molar-refractivity contribution in [2.45, 2.75) is 32.1 Å². The molecule has 1 aromatic rings. The van der Waals surface area contributed by atoms with Crippen molar-refractivity contribution in [2.75, 3.05) is 51.2 Å². The smallest absolute Gasteiger partial charge is 0.227 e. The minimum absolute atomic E-state index is 0.0784. The number of ketones is 1. The van der Waals surface area contributed by atoms with Crippen LogP contribution in [0.15, 0.2) is 24.3 Å². The van der Waals surface area contributed by atoms with Crippen LogP contribution in [0.25, 0.3) is 0 Å². The molecule has 0 radical (unpaired) electrons. The van der Waals surface area contributed by atoms with Crippen LogP contribution in [-0.4, -0.2) is 67.8 Å².